The average molecular weight is 415 g/mol. The number of carbonyl (C=O) groups excluding carboxylic acids is 2. The summed E-state index contributed by atoms with van der Waals surface area (Å²) in [4.78, 5) is 37.7. The average Bonchev–Trinajstić information content (AvgIpc) is 2.61. The van der Waals surface area contributed by atoms with E-state index in [-0.39, 0.29) is 11.6 Å². The molecular formula is C14H15BrN4O2S2. The minimum atomic E-state index is -0.00217. The van der Waals surface area contributed by atoms with E-state index in [0.717, 1.165) is 0 Å². The first kappa shape index (κ1) is 19.7. The van der Waals surface area contributed by atoms with Crippen molar-refractivity contribution in [1.29, 1.82) is 0 Å². The minimum Gasteiger partial charge on any atom is -0.294 e. The van der Waals surface area contributed by atoms with E-state index >= 15 is 0 Å². The molecule has 0 aliphatic heterocycles. The number of hydrogen-bond donors (Lipinski definition) is 0. The molecule has 0 bridgehead atoms. The van der Waals surface area contributed by atoms with Gasteiger partial charge in [-0.1, -0.05) is 39.5 Å². The van der Waals surface area contributed by atoms with Gasteiger partial charge in [-0.2, -0.15) is 0 Å². The predicted molar refractivity (Wildman–Crippen MR) is 95.8 cm³/mol. The highest BCUT2D eigenvalue weighted by atomic mass is 79.9. The second-order valence-electron chi connectivity index (χ2n) is 4.03. The Balaban J connectivity index is 0.000000231. The van der Waals surface area contributed by atoms with Gasteiger partial charge in [0.25, 0.3) is 0 Å². The third-order valence-corrected chi connectivity index (χ3v) is 4.13. The fraction of sp³-hybridized carbons (Fsp3) is 0.286. The molecule has 0 saturated heterocycles. The van der Waals surface area contributed by atoms with Crippen LogP contribution in [0.1, 0.15) is 27.6 Å². The van der Waals surface area contributed by atoms with E-state index < -0.39 is 0 Å². The molecule has 0 radical (unpaired) electrons. The summed E-state index contributed by atoms with van der Waals surface area (Å²) in [5, 5.41) is 1.69. The third-order valence-electron chi connectivity index (χ3n) is 2.47. The fourth-order valence-electron chi connectivity index (χ4n) is 1.25. The van der Waals surface area contributed by atoms with Crippen molar-refractivity contribution in [2.45, 2.75) is 17.2 Å². The van der Waals surface area contributed by atoms with Gasteiger partial charge in [-0.25, -0.2) is 19.9 Å². The van der Waals surface area contributed by atoms with Gasteiger partial charge in [-0.05, 0) is 19.4 Å². The lowest BCUT2D eigenvalue weighted by molar-refractivity contribution is 0.101. The molecule has 122 valence electrons. The highest BCUT2D eigenvalue weighted by Gasteiger charge is 2.04. The molecular weight excluding hydrogens is 400 g/mol. The van der Waals surface area contributed by atoms with Crippen LogP contribution in [-0.2, 0) is 0 Å². The Labute approximate surface area is 151 Å². The van der Waals surface area contributed by atoms with Crippen LogP contribution in [0.25, 0.3) is 0 Å². The van der Waals surface area contributed by atoms with E-state index in [2.05, 4.69) is 35.9 Å². The van der Waals surface area contributed by atoms with E-state index in [0.29, 0.717) is 26.8 Å². The molecule has 9 heteroatoms. The zero-order valence-electron chi connectivity index (χ0n) is 12.8. The van der Waals surface area contributed by atoms with Crippen LogP contribution in [-0.4, -0.2) is 49.3 Å². The summed E-state index contributed by atoms with van der Waals surface area (Å²) in [6, 6.07) is 0. The van der Waals surface area contributed by atoms with E-state index in [1.54, 1.807) is 24.8 Å². The Kier molecular flexibility index (Phi) is 8.97. The van der Waals surface area contributed by atoms with Gasteiger partial charge in [0.1, 0.15) is 0 Å². The maximum atomic E-state index is 11.1. The van der Waals surface area contributed by atoms with Crippen molar-refractivity contribution in [2.75, 3.05) is 17.8 Å². The van der Waals surface area contributed by atoms with Crippen LogP contribution in [0.3, 0.4) is 0 Å². The van der Waals surface area contributed by atoms with Crippen LogP contribution >= 0.6 is 39.5 Å². The number of alkyl halides is 1. The summed E-state index contributed by atoms with van der Waals surface area (Å²) in [7, 11) is 0. The zero-order chi connectivity index (χ0) is 17.2. The van der Waals surface area contributed by atoms with Crippen LogP contribution in [0.4, 0.5) is 0 Å². The van der Waals surface area contributed by atoms with Gasteiger partial charge in [0.15, 0.2) is 21.9 Å². The van der Waals surface area contributed by atoms with Crippen molar-refractivity contribution in [2.24, 2.45) is 0 Å². The van der Waals surface area contributed by atoms with E-state index in [9.17, 15) is 9.59 Å². The number of nitrogens with zero attached hydrogens (tertiary/aromatic N) is 4. The van der Waals surface area contributed by atoms with Crippen LogP contribution in [0.5, 0.6) is 0 Å². The monoisotopic (exact) mass is 414 g/mol. The second-order valence-corrected chi connectivity index (χ2v) is 6.14. The van der Waals surface area contributed by atoms with Crippen molar-refractivity contribution >= 4 is 51.0 Å². The Morgan fingerprint density at radius 1 is 0.913 bits per heavy atom. The molecule has 0 aliphatic rings. The van der Waals surface area contributed by atoms with Gasteiger partial charge in [0.2, 0.25) is 0 Å². The first-order valence-electron chi connectivity index (χ1n) is 6.34. The quantitative estimate of drug-likeness (QED) is 0.319. The standard InChI is InChI=1S/C7H7BrN2OS.C7H8N2OS/c1-12-7-9-3-5(4-10-7)6(11)2-8;1-5(10)6-3-8-7(11-2)9-4-6/h3-4H,2H2,1H3;3-4H,1-2H3. The summed E-state index contributed by atoms with van der Waals surface area (Å²) in [5.41, 5.74) is 1.10. The lowest BCUT2D eigenvalue weighted by Gasteiger charge is -1.96. The molecule has 0 spiro atoms. The third kappa shape index (κ3) is 6.76. The van der Waals surface area contributed by atoms with Crippen molar-refractivity contribution < 1.29 is 9.59 Å². The van der Waals surface area contributed by atoms with Crippen molar-refractivity contribution in [1.82, 2.24) is 19.9 Å². The smallest absolute Gasteiger partial charge is 0.187 e. The largest absolute Gasteiger partial charge is 0.294 e. The van der Waals surface area contributed by atoms with Crippen molar-refractivity contribution in [3.05, 3.63) is 35.9 Å². The molecule has 0 saturated carbocycles. The van der Waals surface area contributed by atoms with Crippen molar-refractivity contribution in [3.63, 3.8) is 0 Å². The summed E-state index contributed by atoms with van der Waals surface area (Å²) in [6.07, 6.45) is 9.96. The highest BCUT2D eigenvalue weighted by molar-refractivity contribution is 9.09. The van der Waals surface area contributed by atoms with E-state index in [1.807, 2.05) is 12.5 Å². The summed E-state index contributed by atoms with van der Waals surface area (Å²) in [6.45, 7) is 1.50. The molecule has 2 rings (SSSR count). The topological polar surface area (TPSA) is 85.7 Å². The highest BCUT2D eigenvalue weighted by Crippen LogP contribution is 2.08. The minimum absolute atomic E-state index is 0.00217. The number of carbonyl (C=O) groups is 2. The molecule has 2 heterocycles. The van der Waals surface area contributed by atoms with Crippen LogP contribution in [0.15, 0.2) is 35.1 Å². The molecule has 6 nitrogen and oxygen atoms in total. The Morgan fingerprint density at radius 3 is 1.61 bits per heavy atom. The van der Waals surface area contributed by atoms with Gasteiger partial charge in [0.05, 0.1) is 16.5 Å². The summed E-state index contributed by atoms with van der Waals surface area (Å²) >= 11 is 5.98. The molecule has 0 N–H and O–H groups in total. The SMILES string of the molecule is CSc1ncc(C(=O)CBr)cn1.CSc1ncc(C(C)=O)cn1. The first-order valence-corrected chi connectivity index (χ1v) is 9.91. The number of halogens is 1. The molecule has 0 aliphatic carbocycles. The predicted octanol–water partition coefficient (Wildman–Crippen LogP) is 3.18. The van der Waals surface area contributed by atoms with Gasteiger partial charge in [-0.15, -0.1) is 0 Å². The summed E-state index contributed by atoms with van der Waals surface area (Å²) in [5.74, 6) is 0.000283. The molecule has 2 aromatic rings. The number of hydrogen-bond acceptors (Lipinski definition) is 8. The normalized spacial score (nSPS) is 9.74. The van der Waals surface area contributed by atoms with Crippen LogP contribution in [0.2, 0.25) is 0 Å². The molecule has 0 unspecified atom stereocenters. The number of Topliss-reactive ketones (excluding diaryl/α,β-unsaturated/α-hetero) is 2. The van der Waals surface area contributed by atoms with Crippen LogP contribution < -0.4 is 0 Å². The van der Waals surface area contributed by atoms with Gasteiger partial charge in [0, 0.05) is 24.8 Å². The molecule has 2 aromatic heterocycles. The number of rotatable bonds is 5. The first-order chi connectivity index (χ1) is 11.0. The molecule has 0 aromatic carbocycles. The van der Waals surface area contributed by atoms with Crippen molar-refractivity contribution in [3.8, 4) is 0 Å². The fourth-order valence-corrected chi connectivity index (χ4v) is 2.20. The zero-order valence-corrected chi connectivity index (χ0v) is 16.0. The summed E-state index contributed by atoms with van der Waals surface area (Å²) < 4.78 is 0. The van der Waals surface area contributed by atoms with E-state index in [4.69, 9.17) is 0 Å². The number of ketones is 2. The van der Waals surface area contributed by atoms with Crippen LogP contribution in [0, 0.1) is 0 Å². The molecule has 23 heavy (non-hydrogen) atoms. The van der Waals surface area contributed by atoms with Gasteiger partial charge in [-0.3, -0.25) is 9.59 Å². The lowest BCUT2D eigenvalue weighted by Crippen LogP contribution is -2.01. The Morgan fingerprint density at radius 2 is 1.30 bits per heavy atom. The molecule has 0 fully saturated rings. The van der Waals surface area contributed by atoms with Gasteiger partial charge >= 0.3 is 0 Å². The van der Waals surface area contributed by atoms with E-state index in [1.165, 1.54) is 30.4 Å². The Hall–Kier alpha value is -1.32. The number of thioether (sulfide) groups is 2. The molecule has 0 atom stereocenters. The maximum absolute atomic E-state index is 11.1. The number of aromatic nitrogens is 4. The lowest BCUT2D eigenvalue weighted by atomic mass is 10.2. The maximum Gasteiger partial charge on any atom is 0.187 e. The molecule has 0 amide bonds. The Bertz CT molecular complexity index is 651. The van der Waals surface area contributed by atoms with Gasteiger partial charge < -0.3 is 0 Å². The second kappa shape index (κ2) is 10.5.